The molecule has 0 aliphatic heterocycles. The Kier molecular flexibility index (Phi) is 4.12. The zero-order chi connectivity index (χ0) is 12.0. The topological polar surface area (TPSA) is 91.8 Å². The molecule has 1 amide bonds. The number of primary amides is 1. The number of nitriles is 1. The molecule has 0 fully saturated rings. The highest BCUT2D eigenvalue weighted by atomic mass is 32.1. The molecule has 0 radical (unpaired) electrons. The summed E-state index contributed by atoms with van der Waals surface area (Å²) in [6, 6.07) is 5.08. The minimum absolute atomic E-state index is 0.184. The largest absolute Gasteiger partial charge is 0.365 e. The van der Waals surface area contributed by atoms with E-state index in [2.05, 4.69) is 10.3 Å². The van der Waals surface area contributed by atoms with Gasteiger partial charge in [0.2, 0.25) is 0 Å². The number of nitrogens with zero attached hydrogens (tertiary/aromatic N) is 2. The first-order valence-electron chi connectivity index (χ1n) is 4.26. The summed E-state index contributed by atoms with van der Waals surface area (Å²) in [5.74, 6) is -0.799. The third kappa shape index (κ3) is 3.15. The predicted octanol–water partition coefficient (Wildman–Crippen LogP) is 0.239. The number of carbonyl (C=O) groups excluding carboxylic acids is 1. The molecule has 1 aromatic rings. The van der Waals surface area contributed by atoms with Gasteiger partial charge in [-0.25, -0.2) is 0 Å². The van der Waals surface area contributed by atoms with E-state index < -0.39 is 5.91 Å². The molecule has 0 atom stereocenters. The van der Waals surface area contributed by atoms with Gasteiger partial charge in [-0.3, -0.25) is 9.78 Å². The van der Waals surface area contributed by atoms with Crippen molar-refractivity contribution >= 4 is 23.1 Å². The zero-order valence-electron chi connectivity index (χ0n) is 8.18. The van der Waals surface area contributed by atoms with E-state index in [1.54, 1.807) is 30.6 Å². The SMILES string of the molecule is N#C/C(=C\NC(=S)c1ccncc1)C(N)=O. The number of nitrogens with one attached hydrogen (secondary N) is 1. The maximum atomic E-state index is 10.7. The standard InChI is InChI=1S/C10H8N4OS/c11-5-8(9(12)15)6-14-10(16)7-1-3-13-4-2-7/h1-4,6H,(H2,12,15)(H,14,16)/b8-6+. The van der Waals surface area contributed by atoms with Crippen LogP contribution in [0, 0.1) is 11.3 Å². The van der Waals surface area contributed by atoms with E-state index >= 15 is 0 Å². The Bertz CT molecular complexity index is 475. The molecule has 0 unspecified atom stereocenters. The first kappa shape index (κ1) is 11.8. The van der Waals surface area contributed by atoms with Gasteiger partial charge in [-0.1, -0.05) is 12.2 Å². The van der Waals surface area contributed by atoms with Crippen molar-refractivity contribution in [3.05, 3.63) is 41.9 Å². The first-order valence-corrected chi connectivity index (χ1v) is 4.67. The number of pyridine rings is 1. The lowest BCUT2D eigenvalue weighted by Gasteiger charge is -2.02. The van der Waals surface area contributed by atoms with Gasteiger partial charge >= 0.3 is 0 Å². The molecular formula is C10H8N4OS. The van der Waals surface area contributed by atoms with Crippen molar-refractivity contribution in [2.45, 2.75) is 0 Å². The van der Waals surface area contributed by atoms with Crippen molar-refractivity contribution in [2.75, 3.05) is 0 Å². The van der Waals surface area contributed by atoms with Crippen molar-refractivity contribution in [2.24, 2.45) is 5.73 Å². The monoisotopic (exact) mass is 232 g/mol. The first-order chi connectivity index (χ1) is 7.65. The Morgan fingerprint density at radius 1 is 1.56 bits per heavy atom. The van der Waals surface area contributed by atoms with E-state index in [9.17, 15) is 4.79 Å². The summed E-state index contributed by atoms with van der Waals surface area (Å²) in [5, 5.41) is 11.2. The highest BCUT2D eigenvalue weighted by molar-refractivity contribution is 7.80. The van der Waals surface area contributed by atoms with Crippen LogP contribution in [-0.4, -0.2) is 15.9 Å². The molecule has 80 valence electrons. The highest BCUT2D eigenvalue weighted by Gasteiger charge is 2.03. The van der Waals surface area contributed by atoms with E-state index in [0.717, 1.165) is 5.56 Å². The minimum Gasteiger partial charge on any atom is -0.365 e. The fourth-order valence-corrected chi connectivity index (χ4v) is 1.08. The van der Waals surface area contributed by atoms with Gasteiger partial charge in [-0.05, 0) is 12.1 Å². The van der Waals surface area contributed by atoms with Gasteiger partial charge in [0.25, 0.3) is 5.91 Å². The molecule has 0 saturated carbocycles. The van der Waals surface area contributed by atoms with E-state index in [1.165, 1.54) is 6.20 Å². The molecule has 0 aliphatic carbocycles. The molecule has 0 aliphatic rings. The zero-order valence-corrected chi connectivity index (χ0v) is 8.99. The number of nitrogens with two attached hydrogens (primary N) is 1. The van der Waals surface area contributed by atoms with Gasteiger partial charge in [0.05, 0.1) is 0 Å². The van der Waals surface area contributed by atoms with E-state index in [1.807, 2.05) is 0 Å². The third-order valence-corrected chi connectivity index (χ3v) is 2.03. The number of aromatic nitrogens is 1. The molecule has 0 aromatic carbocycles. The summed E-state index contributed by atoms with van der Waals surface area (Å²) in [6.45, 7) is 0. The van der Waals surface area contributed by atoms with Crippen LogP contribution in [0.1, 0.15) is 5.56 Å². The van der Waals surface area contributed by atoms with Crippen LogP contribution in [0.4, 0.5) is 0 Å². The molecule has 1 rings (SSSR count). The van der Waals surface area contributed by atoms with Crippen molar-refractivity contribution < 1.29 is 4.79 Å². The van der Waals surface area contributed by atoms with E-state index in [-0.39, 0.29) is 5.57 Å². The molecule has 0 spiro atoms. The summed E-state index contributed by atoms with van der Waals surface area (Å²) < 4.78 is 0. The number of thiocarbonyl (C=S) groups is 1. The van der Waals surface area contributed by atoms with Crippen LogP contribution in [0.3, 0.4) is 0 Å². The quantitative estimate of drug-likeness (QED) is 0.442. The van der Waals surface area contributed by atoms with Gasteiger partial charge in [0, 0.05) is 24.2 Å². The average molecular weight is 232 g/mol. The molecule has 3 N–H and O–H groups in total. The fourth-order valence-electron chi connectivity index (χ4n) is 0.883. The number of hydrogen-bond acceptors (Lipinski definition) is 4. The summed E-state index contributed by atoms with van der Waals surface area (Å²) in [5.41, 5.74) is 5.50. The second kappa shape index (κ2) is 5.58. The Morgan fingerprint density at radius 2 is 2.19 bits per heavy atom. The second-order valence-electron chi connectivity index (χ2n) is 2.74. The molecule has 0 saturated heterocycles. The lowest BCUT2D eigenvalue weighted by Crippen LogP contribution is -2.20. The van der Waals surface area contributed by atoms with Crippen molar-refractivity contribution in [1.29, 1.82) is 5.26 Å². The summed E-state index contributed by atoms with van der Waals surface area (Å²) in [4.78, 5) is 14.9. The highest BCUT2D eigenvalue weighted by Crippen LogP contribution is 1.98. The Hall–Kier alpha value is -2.26. The second-order valence-corrected chi connectivity index (χ2v) is 3.15. The summed E-state index contributed by atoms with van der Waals surface area (Å²) >= 11 is 5.03. The van der Waals surface area contributed by atoms with Gasteiger partial charge < -0.3 is 11.1 Å². The number of carbonyl (C=O) groups is 1. The Balaban J connectivity index is 2.74. The van der Waals surface area contributed by atoms with Crippen molar-refractivity contribution in [3.63, 3.8) is 0 Å². The van der Waals surface area contributed by atoms with Crippen LogP contribution in [-0.2, 0) is 4.79 Å². The van der Waals surface area contributed by atoms with E-state index in [0.29, 0.717) is 4.99 Å². The van der Waals surface area contributed by atoms with Crippen LogP contribution in [0.2, 0.25) is 0 Å². The van der Waals surface area contributed by atoms with Gasteiger partial charge in [0.1, 0.15) is 16.6 Å². The minimum atomic E-state index is -0.799. The molecule has 1 heterocycles. The van der Waals surface area contributed by atoms with Crippen molar-refractivity contribution in [3.8, 4) is 6.07 Å². The van der Waals surface area contributed by atoms with Crippen LogP contribution in [0.25, 0.3) is 0 Å². The third-order valence-electron chi connectivity index (χ3n) is 1.68. The Morgan fingerprint density at radius 3 is 2.69 bits per heavy atom. The van der Waals surface area contributed by atoms with Gasteiger partial charge in [-0.2, -0.15) is 5.26 Å². The Labute approximate surface area is 97.6 Å². The lowest BCUT2D eigenvalue weighted by molar-refractivity contribution is -0.114. The average Bonchev–Trinajstić information content (AvgIpc) is 2.30. The molecule has 16 heavy (non-hydrogen) atoms. The number of hydrogen-bond donors (Lipinski definition) is 2. The number of amides is 1. The summed E-state index contributed by atoms with van der Waals surface area (Å²) in [6.07, 6.45) is 4.36. The van der Waals surface area contributed by atoms with Crippen LogP contribution < -0.4 is 11.1 Å². The maximum Gasteiger partial charge on any atom is 0.260 e. The molecule has 5 nitrogen and oxygen atoms in total. The van der Waals surface area contributed by atoms with Crippen molar-refractivity contribution in [1.82, 2.24) is 10.3 Å². The lowest BCUT2D eigenvalue weighted by atomic mass is 10.2. The predicted molar refractivity (Wildman–Crippen MR) is 62.0 cm³/mol. The van der Waals surface area contributed by atoms with Crippen LogP contribution >= 0.6 is 12.2 Å². The normalized spacial score (nSPS) is 10.3. The molecular weight excluding hydrogens is 224 g/mol. The molecule has 0 bridgehead atoms. The smallest absolute Gasteiger partial charge is 0.260 e. The number of rotatable bonds is 3. The summed E-state index contributed by atoms with van der Waals surface area (Å²) in [7, 11) is 0. The van der Waals surface area contributed by atoms with Gasteiger partial charge in [0.15, 0.2) is 0 Å². The van der Waals surface area contributed by atoms with Crippen LogP contribution in [0.5, 0.6) is 0 Å². The van der Waals surface area contributed by atoms with Crippen LogP contribution in [0.15, 0.2) is 36.3 Å². The fraction of sp³-hybridized carbons (Fsp3) is 0. The molecule has 6 heteroatoms. The van der Waals surface area contributed by atoms with Gasteiger partial charge in [-0.15, -0.1) is 0 Å². The maximum absolute atomic E-state index is 10.7. The molecule has 1 aromatic heterocycles. The van der Waals surface area contributed by atoms with E-state index in [4.69, 9.17) is 23.2 Å².